The molecule has 0 spiro atoms. The third-order valence-electron chi connectivity index (χ3n) is 5.20. The summed E-state index contributed by atoms with van der Waals surface area (Å²) in [4.78, 5) is 14.9. The largest absolute Gasteiger partial charge is 0.496 e. The average Bonchev–Trinajstić information content (AvgIpc) is 3.22. The third-order valence-corrected chi connectivity index (χ3v) is 5.20. The summed E-state index contributed by atoms with van der Waals surface area (Å²) in [6.07, 6.45) is 3.88. The van der Waals surface area contributed by atoms with Gasteiger partial charge in [0.25, 0.3) is 0 Å². The molecular weight excluding hydrogens is 328 g/mol. The Morgan fingerprint density at radius 2 is 2.04 bits per heavy atom. The molecule has 6 heteroatoms. The highest BCUT2D eigenvalue weighted by Crippen LogP contribution is 2.30. The van der Waals surface area contributed by atoms with Crippen LogP contribution in [0, 0.1) is 19.8 Å². The second-order valence-corrected chi connectivity index (χ2v) is 7.28. The monoisotopic (exact) mass is 356 g/mol. The molecule has 140 valence electrons. The Bertz CT molecular complexity index is 776. The van der Waals surface area contributed by atoms with E-state index in [9.17, 15) is 4.79 Å². The number of nitrogens with one attached hydrogen (secondary N) is 1. The number of aryl methyl sites for hydroxylation is 3. The Morgan fingerprint density at radius 3 is 2.62 bits per heavy atom. The molecule has 1 saturated heterocycles. The lowest BCUT2D eigenvalue weighted by atomic mass is 9.90. The predicted molar refractivity (Wildman–Crippen MR) is 101 cm³/mol. The number of rotatable bonds is 5. The molecule has 1 amide bonds. The second-order valence-electron chi connectivity index (χ2n) is 7.28. The number of benzene rings is 1. The molecule has 1 fully saturated rings. The minimum atomic E-state index is -0.0513. The molecule has 0 aliphatic carbocycles. The maximum Gasteiger partial charge on any atom is 0.227 e. The van der Waals surface area contributed by atoms with Crippen molar-refractivity contribution >= 4 is 5.91 Å². The van der Waals surface area contributed by atoms with Crippen molar-refractivity contribution in [3.8, 4) is 5.75 Å². The molecule has 0 unspecified atom stereocenters. The van der Waals surface area contributed by atoms with Crippen molar-refractivity contribution in [2.45, 2.75) is 26.3 Å². The molecule has 2 heterocycles. The summed E-state index contributed by atoms with van der Waals surface area (Å²) in [6.45, 7) is 6.20. The van der Waals surface area contributed by atoms with E-state index in [0.29, 0.717) is 13.1 Å². The van der Waals surface area contributed by atoms with E-state index in [4.69, 9.17) is 4.74 Å². The van der Waals surface area contributed by atoms with Crippen LogP contribution in [0.4, 0.5) is 0 Å². The maximum atomic E-state index is 13.1. The molecule has 26 heavy (non-hydrogen) atoms. The van der Waals surface area contributed by atoms with Gasteiger partial charge in [-0.25, -0.2) is 0 Å². The molecule has 1 aliphatic rings. The van der Waals surface area contributed by atoms with E-state index < -0.39 is 0 Å². The van der Waals surface area contributed by atoms with E-state index in [2.05, 4.69) is 22.5 Å². The van der Waals surface area contributed by atoms with Crippen molar-refractivity contribution < 1.29 is 9.53 Å². The minimum Gasteiger partial charge on any atom is -0.496 e. The summed E-state index contributed by atoms with van der Waals surface area (Å²) in [7, 11) is 5.48. The van der Waals surface area contributed by atoms with Gasteiger partial charge in [0.05, 0.1) is 19.2 Å². The molecule has 0 bridgehead atoms. The van der Waals surface area contributed by atoms with Crippen LogP contribution in [0.1, 0.15) is 28.2 Å². The Kier molecular flexibility index (Phi) is 5.32. The Balaban J connectivity index is 1.73. The first kappa shape index (κ1) is 18.5. The zero-order chi connectivity index (χ0) is 18.8. The zero-order valence-electron chi connectivity index (χ0n) is 16.2. The van der Waals surface area contributed by atoms with Crippen LogP contribution in [0.2, 0.25) is 0 Å². The quantitative estimate of drug-likeness (QED) is 0.890. The van der Waals surface area contributed by atoms with Gasteiger partial charge < -0.3 is 15.0 Å². The third kappa shape index (κ3) is 3.60. The standard InChI is InChI=1S/C20H28N4O2/c1-13-6-15(7-14(2)19(13)26-5)11-23(3)20(25)18-10-21-9-17(18)16-8-22-24(4)12-16/h6-8,12,17-18,21H,9-11H2,1-5H3/t17-,18+/m1/s1. The fourth-order valence-corrected chi connectivity index (χ4v) is 4.01. The zero-order valence-corrected chi connectivity index (χ0v) is 16.2. The van der Waals surface area contributed by atoms with Gasteiger partial charge in [-0.15, -0.1) is 0 Å². The van der Waals surface area contributed by atoms with Gasteiger partial charge in [0.1, 0.15) is 5.75 Å². The summed E-state index contributed by atoms with van der Waals surface area (Å²) >= 11 is 0. The lowest BCUT2D eigenvalue weighted by Gasteiger charge is -2.25. The van der Waals surface area contributed by atoms with Gasteiger partial charge in [0.2, 0.25) is 5.91 Å². The van der Waals surface area contributed by atoms with E-state index in [1.807, 2.05) is 45.2 Å². The molecule has 6 nitrogen and oxygen atoms in total. The Hall–Kier alpha value is -2.34. The van der Waals surface area contributed by atoms with Gasteiger partial charge in [0, 0.05) is 45.8 Å². The first-order valence-corrected chi connectivity index (χ1v) is 8.99. The fourth-order valence-electron chi connectivity index (χ4n) is 4.01. The van der Waals surface area contributed by atoms with Crippen LogP contribution >= 0.6 is 0 Å². The van der Waals surface area contributed by atoms with E-state index in [0.717, 1.165) is 34.5 Å². The van der Waals surface area contributed by atoms with Crippen molar-refractivity contribution in [3.63, 3.8) is 0 Å². The lowest BCUT2D eigenvalue weighted by molar-refractivity contribution is -0.134. The van der Waals surface area contributed by atoms with Gasteiger partial charge in [-0.3, -0.25) is 9.48 Å². The number of amides is 1. The molecule has 1 aliphatic heterocycles. The first-order valence-electron chi connectivity index (χ1n) is 8.99. The minimum absolute atomic E-state index is 0.0513. The predicted octanol–water partition coefficient (Wildman–Crippen LogP) is 2.01. The topological polar surface area (TPSA) is 59.4 Å². The van der Waals surface area contributed by atoms with Crippen LogP contribution in [-0.4, -0.2) is 47.8 Å². The van der Waals surface area contributed by atoms with Crippen molar-refractivity contribution in [1.29, 1.82) is 0 Å². The van der Waals surface area contributed by atoms with Crippen molar-refractivity contribution in [1.82, 2.24) is 20.0 Å². The number of methoxy groups -OCH3 is 1. The smallest absolute Gasteiger partial charge is 0.227 e. The summed E-state index contributed by atoms with van der Waals surface area (Å²) in [5.74, 6) is 1.22. The molecular formula is C20H28N4O2. The van der Waals surface area contributed by atoms with Crippen LogP contribution in [0.25, 0.3) is 0 Å². The highest BCUT2D eigenvalue weighted by atomic mass is 16.5. The van der Waals surface area contributed by atoms with Crippen LogP contribution in [0.3, 0.4) is 0 Å². The van der Waals surface area contributed by atoms with Crippen LogP contribution in [0.15, 0.2) is 24.5 Å². The number of carbonyl (C=O) groups excluding carboxylic acids is 1. The number of hydrogen-bond acceptors (Lipinski definition) is 4. The van der Waals surface area contributed by atoms with Crippen LogP contribution < -0.4 is 10.1 Å². The SMILES string of the molecule is COc1c(C)cc(CN(C)C(=O)[C@H]2CNC[C@@H]2c2cnn(C)c2)cc1C. The number of hydrogen-bond donors (Lipinski definition) is 1. The first-order chi connectivity index (χ1) is 12.4. The van der Waals surface area contributed by atoms with E-state index in [1.165, 1.54) is 0 Å². The van der Waals surface area contributed by atoms with Crippen molar-refractivity contribution in [2.24, 2.45) is 13.0 Å². The highest BCUT2D eigenvalue weighted by molar-refractivity contribution is 5.80. The van der Waals surface area contributed by atoms with E-state index in [1.54, 1.807) is 11.8 Å². The molecule has 0 saturated carbocycles. The summed E-state index contributed by atoms with van der Waals surface area (Å²) in [6, 6.07) is 4.20. The van der Waals surface area contributed by atoms with Gasteiger partial charge >= 0.3 is 0 Å². The Labute approximate surface area is 155 Å². The van der Waals surface area contributed by atoms with Crippen LogP contribution in [0.5, 0.6) is 5.75 Å². The van der Waals surface area contributed by atoms with Gasteiger partial charge in [-0.2, -0.15) is 5.10 Å². The number of carbonyl (C=O) groups is 1. The number of aromatic nitrogens is 2. The summed E-state index contributed by atoms with van der Waals surface area (Å²) < 4.78 is 7.23. The normalized spacial score (nSPS) is 19.6. The molecule has 0 radical (unpaired) electrons. The van der Waals surface area contributed by atoms with Crippen molar-refractivity contribution in [3.05, 3.63) is 46.8 Å². The maximum absolute atomic E-state index is 13.1. The lowest BCUT2D eigenvalue weighted by Crippen LogP contribution is -2.35. The van der Waals surface area contributed by atoms with Gasteiger partial charge in [-0.05, 0) is 36.1 Å². The van der Waals surface area contributed by atoms with E-state index >= 15 is 0 Å². The van der Waals surface area contributed by atoms with Gasteiger partial charge in [-0.1, -0.05) is 12.1 Å². The van der Waals surface area contributed by atoms with Crippen LogP contribution in [-0.2, 0) is 18.4 Å². The fraction of sp³-hybridized carbons (Fsp3) is 0.500. The van der Waals surface area contributed by atoms with E-state index in [-0.39, 0.29) is 17.7 Å². The molecule has 1 aromatic carbocycles. The molecule has 3 rings (SSSR count). The highest BCUT2D eigenvalue weighted by Gasteiger charge is 2.36. The second kappa shape index (κ2) is 7.50. The van der Waals surface area contributed by atoms with Crippen molar-refractivity contribution in [2.75, 3.05) is 27.2 Å². The Morgan fingerprint density at radius 1 is 1.35 bits per heavy atom. The molecule has 1 N–H and O–H groups in total. The van der Waals surface area contributed by atoms with Gasteiger partial charge in [0.15, 0.2) is 0 Å². The molecule has 2 aromatic rings. The summed E-state index contributed by atoms with van der Waals surface area (Å²) in [5.41, 5.74) is 4.44. The number of ether oxygens (including phenoxy) is 1. The molecule has 2 atom stereocenters. The summed E-state index contributed by atoms with van der Waals surface area (Å²) in [5, 5.41) is 7.62. The number of nitrogens with zero attached hydrogens (tertiary/aromatic N) is 3. The molecule has 1 aromatic heterocycles. The average molecular weight is 356 g/mol.